The maximum atomic E-state index is 12.9. The molecular weight excluding hydrogens is 390 g/mol. The van der Waals surface area contributed by atoms with Crippen molar-refractivity contribution in [2.45, 2.75) is 51.5 Å². The Bertz CT molecular complexity index is 806. The van der Waals surface area contributed by atoms with Crippen LogP contribution in [0.3, 0.4) is 0 Å². The van der Waals surface area contributed by atoms with Gasteiger partial charge in [-0.25, -0.2) is 4.98 Å². The summed E-state index contributed by atoms with van der Waals surface area (Å²) in [6.07, 6.45) is 10.3. The van der Waals surface area contributed by atoms with Crippen LogP contribution in [-0.4, -0.2) is 54.7 Å². The fraction of sp³-hybridized carbons (Fsp3) is 0.600. The van der Waals surface area contributed by atoms with Crippen LogP contribution in [-0.2, 0) is 4.74 Å². The Morgan fingerprint density at radius 3 is 2.81 bits per heavy atom. The van der Waals surface area contributed by atoms with E-state index in [0.717, 1.165) is 38.3 Å². The fourth-order valence-corrected chi connectivity index (χ4v) is 5.08. The molecule has 3 atom stereocenters. The van der Waals surface area contributed by atoms with E-state index in [0.29, 0.717) is 23.2 Å². The molecule has 2 aliphatic rings. The summed E-state index contributed by atoms with van der Waals surface area (Å²) in [5, 5.41) is 3.35. The maximum absolute atomic E-state index is 12.9. The van der Waals surface area contributed by atoms with Crippen LogP contribution in [0, 0.1) is 11.8 Å². The zero-order valence-electron chi connectivity index (χ0n) is 18.6. The number of amides is 1. The van der Waals surface area contributed by atoms with Gasteiger partial charge in [0.1, 0.15) is 0 Å². The summed E-state index contributed by atoms with van der Waals surface area (Å²) >= 11 is 0. The van der Waals surface area contributed by atoms with Crippen LogP contribution in [0.4, 0.5) is 0 Å². The predicted molar refractivity (Wildman–Crippen MR) is 121 cm³/mol. The van der Waals surface area contributed by atoms with Crippen LogP contribution >= 0.6 is 0 Å². The van der Waals surface area contributed by atoms with Crippen LogP contribution in [0.5, 0.6) is 0 Å². The van der Waals surface area contributed by atoms with Crippen LogP contribution in [0.2, 0.25) is 0 Å². The third kappa shape index (κ3) is 5.95. The highest BCUT2D eigenvalue weighted by Gasteiger charge is 2.30. The van der Waals surface area contributed by atoms with Gasteiger partial charge in [0, 0.05) is 36.9 Å². The molecule has 2 heterocycles. The molecule has 1 N–H and O–H groups in total. The van der Waals surface area contributed by atoms with Gasteiger partial charge >= 0.3 is 0 Å². The van der Waals surface area contributed by atoms with Crippen molar-refractivity contribution >= 4 is 5.91 Å². The molecule has 4 rings (SSSR count). The highest BCUT2D eigenvalue weighted by molar-refractivity contribution is 5.94. The number of aromatic nitrogens is 1. The molecule has 0 bridgehead atoms. The minimum Gasteiger partial charge on any atom is -0.444 e. The van der Waals surface area contributed by atoms with E-state index in [2.05, 4.69) is 22.1 Å². The molecule has 0 radical (unpaired) electrons. The molecule has 1 aliphatic carbocycles. The number of nitrogens with one attached hydrogen (secondary N) is 1. The van der Waals surface area contributed by atoms with Gasteiger partial charge in [-0.05, 0) is 63.1 Å². The zero-order chi connectivity index (χ0) is 21.5. The Morgan fingerprint density at radius 2 is 2.03 bits per heavy atom. The first-order valence-electron chi connectivity index (χ1n) is 11.8. The number of likely N-dealkylation sites (tertiary alicyclic amines) is 1. The molecule has 1 aliphatic heterocycles. The normalized spacial score (nSPS) is 24.7. The molecule has 1 amide bonds. The van der Waals surface area contributed by atoms with Crippen molar-refractivity contribution in [3.05, 3.63) is 42.4 Å². The number of carbonyl (C=O) groups is 1. The van der Waals surface area contributed by atoms with E-state index in [-0.39, 0.29) is 11.9 Å². The van der Waals surface area contributed by atoms with Crippen molar-refractivity contribution in [1.82, 2.24) is 15.2 Å². The van der Waals surface area contributed by atoms with E-state index < -0.39 is 0 Å². The first kappa shape index (κ1) is 22.0. The molecule has 1 saturated heterocycles. The summed E-state index contributed by atoms with van der Waals surface area (Å²) in [7, 11) is 0. The lowest BCUT2D eigenvalue weighted by atomic mass is 9.83. The van der Waals surface area contributed by atoms with E-state index >= 15 is 0 Å². The lowest BCUT2D eigenvalue weighted by molar-refractivity contribution is 0.0548. The van der Waals surface area contributed by atoms with Crippen LogP contribution < -0.4 is 5.32 Å². The number of hydrogen-bond acceptors (Lipinski definition) is 5. The smallest absolute Gasteiger partial charge is 0.251 e. The van der Waals surface area contributed by atoms with Crippen LogP contribution in [0.25, 0.3) is 11.3 Å². The minimum atomic E-state index is 0.0221. The van der Waals surface area contributed by atoms with Gasteiger partial charge in [-0.1, -0.05) is 25.0 Å². The zero-order valence-corrected chi connectivity index (χ0v) is 18.6. The number of rotatable bonds is 8. The standard InChI is InChI=1S/C25H35N3O3/c1-2-30-17-19-6-5-13-28(15-19)16-22-7-3-4-8-23(22)27-25(29)21-11-9-20(10-12-21)24-14-26-18-31-24/h9-12,14,18-19,22-23H,2-8,13,15-17H2,1H3,(H,27,29)/t19?,22-,23+/m0/s1. The van der Waals surface area contributed by atoms with Gasteiger partial charge in [0.05, 0.1) is 12.8 Å². The lowest BCUT2D eigenvalue weighted by Gasteiger charge is -2.39. The predicted octanol–water partition coefficient (Wildman–Crippen LogP) is 4.38. The Kier molecular flexibility index (Phi) is 7.76. The highest BCUT2D eigenvalue weighted by atomic mass is 16.5. The summed E-state index contributed by atoms with van der Waals surface area (Å²) in [6.45, 7) is 7.12. The van der Waals surface area contributed by atoms with E-state index in [4.69, 9.17) is 9.15 Å². The van der Waals surface area contributed by atoms with E-state index in [1.54, 1.807) is 6.20 Å². The number of ether oxygens (including phenoxy) is 1. The van der Waals surface area contributed by atoms with Gasteiger partial charge in [0.25, 0.3) is 5.91 Å². The quantitative estimate of drug-likeness (QED) is 0.680. The van der Waals surface area contributed by atoms with Crippen molar-refractivity contribution in [2.24, 2.45) is 11.8 Å². The molecule has 2 aromatic rings. The summed E-state index contributed by atoms with van der Waals surface area (Å²) in [4.78, 5) is 19.5. The maximum Gasteiger partial charge on any atom is 0.251 e. The molecule has 2 fully saturated rings. The monoisotopic (exact) mass is 425 g/mol. The first-order valence-corrected chi connectivity index (χ1v) is 11.8. The lowest BCUT2D eigenvalue weighted by Crippen LogP contribution is -2.48. The van der Waals surface area contributed by atoms with Gasteiger partial charge in [0.2, 0.25) is 0 Å². The number of carbonyl (C=O) groups excluding carboxylic acids is 1. The Balaban J connectivity index is 1.33. The van der Waals surface area contributed by atoms with E-state index in [1.165, 1.54) is 45.0 Å². The molecule has 1 unspecified atom stereocenters. The largest absolute Gasteiger partial charge is 0.444 e. The molecule has 6 heteroatoms. The molecule has 6 nitrogen and oxygen atoms in total. The second-order valence-corrected chi connectivity index (χ2v) is 8.99. The molecule has 1 aromatic carbocycles. The summed E-state index contributed by atoms with van der Waals surface area (Å²) in [6, 6.07) is 7.82. The van der Waals surface area contributed by atoms with Gasteiger partial charge in [-0.15, -0.1) is 0 Å². The third-order valence-corrected chi connectivity index (χ3v) is 6.74. The third-order valence-electron chi connectivity index (χ3n) is 6.74. The summed E-state index contributed by atoms with van der Waals surface area (Å²) in [5.41, 5.74) is 1.62. The molecule has 31 heavy (non-hydrogen) atoms. The van der Waals surface area contributed by atoms with Crippen molar-refractivity contribution in [3.8, 4) is 11.3 Å². The number of oxazole rings is 1. The second kappa shape index (κ2) is 10.9. The van der Waals surface area contributed by atoms with E-state index in [1.807, 2.05) is 24.3 Å². The number of piperidine rings is 1. The molecular formula is C25H35N3O3. The number of hydrogen-bond donors (Lipinski definition) is 1. The average molecular weight is 426 g/mol. The van der Waals surface area contributed by atoms with Gasteiger partial charge in [-0.3, -0.25) is 4.79 Å². The van der Waals surface area contributed by atoms with E-state index in [9.17, 15) is 4.79 Å². The van der Waals surface area contributed by atoms with Crippen molar-refractivity contribution in [1.29, 1.82) is 0 Å². The first-order chi connectivity index (χ1) is 15.2. The van der Waals surface area contributed by atoms with Crippen molar-refractivity contribution < 1.29 is 13.9 Å². The molecule has 1 saturated carbocycles. The molecule has 168 valence electrons. The van der Waals surface area contributed by atoms with Crippen molar-refractivity contribution in [3.63, 3.8) is 0 Å². The van der Waals surface area contributed by atoms with Crippen LogP contribution in [0.15, 0.2) is 41.3 Å². The van der Waals surface area contributed by atoms with Gasteiger partial charge in [-0.2, -0.15) is 0 Å². The van der Waals surface area contributed by atoms with Gasteiger partial charge in [0.15, 0.2) is 12.2 Å². The molecule has 1 aromatic heterocycles. The minimum absolute atomic E-state index is 0.0221. The fourth-order valence-electron chi connectivity index (χ4n) is 5.08. The average Bonchev–Trinajstić information content (AvgIpc) is 3.34. The Morgan fingerprint density at radius 1 is 1.19 bits per heavy atom. The Labute approximate surface area is 185 Å². The summed E-state index contributed by atoms with van der Waals surface area (Å²) < 4.78 is 11.0. The highest BCUT2D eigenvalue weighted by Crippen LogP contribution is 2.28. The second-order valence-electron chi connectivity index (χ2n) is 8.99. The molecule has 0 spiro atoms. The Hall–Kier alpha value is -2.18. The summed E-state index contributed by atoms with van der Waals surface area (Å²) in [5.74, 6) is 1.91. The SMILES string of the molecule is CCOCC1CCCN(C[C@@H]2CCCC[C@H]2NC(=O)c2ccc(-c3cnco3)cc2)C1. The number of benzene rings is 1. The number of nitrogens with zero attached hydrogens (tertiary/aromatic N) is 2. The van der Waals surface area contributed by atoms with Crippen LogP contribution in [0.1, 0.15) is 55.8 Å². The van der Waals surface area contributed by atoms with Crippen molar-refractivity contribution in [2.75, 3.05) is 32.8 Å². The topological polar surface area (TPSA) is 67.6 Å². The van der Waals surface area contributed by atoms with Gasteiger partial charge < -0.3 is 19.4 Å².